The van der Waals surface area contributed by atoms with Crippen LogP contribution in [0.25, 0.3) is 0 Å². The lowest BCUT2D eigenvalue weighted by atomic mass is 10.1. The molecular weight excluding hydrogens is 331 g/mol. The second-order valence-corrected chi connectivity index (χ2v) is 5.67. The van der Waals surface area contributed by atoms with Crippen LogP contribution in [-0.2, 0) is 6.18 Å². The number of unbranched alkanes of at least 4 members (excludes halogenated alkanes) is 1. The molecule has 0 unspecified atom stereocenters. The maximum Gasteiger partial charge on any atom is 0.418 e. The first-order chi connectivity index (χ1) is 11.8. The molecule has 0 saturated heterocycles. The number of rotatable bonds is 6. The molecule has 2 rings (SSSR count). The number of anilines is 2. The van der Waals surface area contributed by atoms with Gasteiger partial charge in [-0.05, 0) is 30.7 Å². The van der Waals surface area contributed by atoms with E-state index in [4.69, 9.17) is 0 Å². The van der Waals surface area contributed by atoms with Gasteiger partial charge in [0.25, 0.3) is 5.91 Å². The van der Waals surface area contributed by atoms with Crippen LogP contribution >= 0.6 is 0 Å². The third-order valence-corrected chi connectivity index (χ3v) is 3.74. The van der Waals surface area contributed by atoms with E-state index in [2.05, 4.69) is 17.2 Å². The maximum atomic E-state index is 13.0. The minimum Gasteiger partial charge on any atom is -0.374 e. The lowest BCUT2D eigenvalue weighted by Gasteiger charge is -2.19. The van der Waals surface area contributed by atoms with Gasteiger partial charge in [-0.2, -0.15) is 13.2 Å². The number of nitrogens with one attached hydrogen (secondary N) is 1. The molecule has 0 radical (unpaired) electrons. The summed E-state index contributed by atoms with van der Waals surface area (Å²) in [5, 5.41) is 2.30. The van der Waals surface area contributed by atoms with E-state index < -0.39 is 17.6 Å². The Labute approximate surface area is 144 Å². The lowest BCUT2D eigenvalue weighted by molar-refractivity contribution is -0.136. The van der Waals surface area contributed by atoms with Gasteiger partial charge in [0, 0.05) is 25.5 Å². The predicted molar refractivity (Wildman–Crippen MR) is 91.8 cm³/mol. The zero-order chi connectivity index (χ0) is 18.4. The molecule has 1 heterocycles. The van der Waals surface area contributed by atoms with Crippen molar-refractivity contribution in [1.29, 1.82) is 0 Å². The fraction of sp³-hybridized carbons (Fsp3) is 0.333. The Morgan fingerprint density at radius 1 is 1.24 bits per heavy atom. The molecular formula is C18H20F3N3O. The van der Waals surface area contributed by atoms with Crippen LogP contribution in [0.15, 0.2) is 42.6 Å². The Bertz CT molecular complexity index is 732. The molecule has 7 heteroatoms. The van der Waals surface area contributed by atoms with E-state index in [1.807, 2.05) is 11.9 Å². The third kappa shape index (κ3) is 4.95. The fourth-order valence-electron chi connectivity index (χ4n) is 2.33. The highest BCUT2D eigenvalue weighted by atomic mass is 19.4. The van der Waals surface area contributed by atoms with E-state index in [-0.39, 0.29) is 11.4 Å². The molecule has 1 aromatic carbocycles. The molecule has 0 aliphatic rings. The number of alkyl halides is 3. The Balaban J connectivity index is 2.20. The summed E-state index contributed by atoms with van der Waals surface area (Å²) in [6.45, 7) is 2.90. The summed E-state index contributed by atoms with van der Waals surface area (Å²) in [6, 6.07) is 8.19. The highest BCUT2D eigenvalue weighted by Gasteiger charge is 2.33. The maximum absolute atomic E-state index is 13.0. The van der Waals surface area contributed by atoms with Gasteiger partial charge < -0.3 is 10.2 Å². The number of amides is 1. The average molecular weight is 351 g/mol. The van der Waals surface area contributed by atoms with Gasteiger partial charge in [0.05, 0.1) is 11.3 Å². The van der Waals surface area contributed by atoms with Crippen LogP contribution in [0.3, 0.4) is 0 Å². The molecule has 0 spiro atoms. The number of nitrogens with zero attached hydrogens (tertiary/aromatic N) is 2. The Morgan fingerprint density at radius 3 is 2.64 bits per heavy atom. The SMILES string of the molecule is CCCCN(C)c1ccnc(C(=O)Nc2ccccc2C(F)(F)F)c1. The number of para-hydroxylation sites is 1. The summed E-state index contributed by atoms with van der Waals surface area (Å²) in [5.74, 6) is -0.678. The smallest absolute Gasteiger partial charge is 0.374 e. The van der Waals surface area contributed by atoms with Crippen molar-refractivity contribution in [2.24, 2.45) is 0 Å². The molecule has 0 saturated carbocycles. The fourth-order valence-corrected chi connectivity index (χ4v) is 2.33. The van der Waals surface area contributed by atoms with Crippen molar-refractivity contribution in [3.8, 4) is 0 Å². The summed E-state index contributed by atoms with van der Waals surface area (Å²) in [4.78, 5) is 18.3. The van der Waals surface area contributed by atoms with Crippen molar-refractivity contribution in [3.63, 3.8) is 0 Å². The molecule has 4 nitrogen and oxygen atoms in total. The summed E-state index contributed by atoms with van der Waals surface area (Å²) < 4.78 is 39.0. The van der Waals surface area contributed by atoms with Gasteiger partial charge in [0.1, 0.15) is 5.69 Å². The van der Waals surface area contributed by atoms with Gasteiger partial charge in [0.2, 0.25) is 0 Å². The molecule has 1 amide bonds. The van der Waals surface area contributed by atoms with Crippen LogP contribution in [0.4, 0.5) is 24.5 Å². The number of carbonyl (C=O) groups is 1. The van der Waals surface area contributed by atoms with E-state index in [1.165, 1.54) is 24.4 Å². The van der Waals surface area contributed by atoms with Crippen molar-refractivity contribution in [2.45, 2.75) is 25.9 Å². The highest BCUT2D eigenvalue weighted by Crippen LogP contribution is 2.34. The number of pyridine rings is 1. The van der Waals surface area contributed by atoms with Gasteiger partial charge in [0.15, 0.2) is 0 Å². The highest BCUT2D eigenvalue weighted by molar-refractivity contribution is 6.03. The molecule has 134 valence electrons. The van der Waals surface area contributed by atoms with Crippen molar-refractivity contribution in [2.75, 3.05) is 23.8 Å². The summed E-state index contributed by atoms with van der Waals surface area (Å²) in [7, 11) is 1.89. The van der Waals surface area contributed by atoms with Gasteiger partial charge in [-0.3, -0.25) is 9.78 Å². The van der Waals surface area contributed by atoms with E-state index in [0.29, 0.717) is 0 Å². The number of aromatic nitrogens is 1. The topological polar surface area (TPSA) is 45.2 Å². The minimum absolute atomic E-state index is 0.0674. The standard InChI is InChI=1S/C18H20F3N3O/c1-3-4-11-24(2)13-9-10-22-16(12-13)17(25)23-15-8-6-5-7-14(15)18(19,20)21/h5-10,12H,3-4,11H2,1-2H3,(H,23,25). The van der Waals surface area contributed by atoms with E-state index in [1.54, 1.807) is 12.1 Å². The first-order valence-electron chi connectivity index (χ1n) is 7.97. The molecule has 1 N–H and O–H groups in total. The predicted octanol–water partition coefficient (Wildman–Crippen LogP) is 4.59. The van der Waals surface area contributed by atoms with Crippen LogP contribution in [0.1, 0.15) is 35.8 Å². The van der Waals surface area contributed by atoms with Crippen LogP contribution in [0.5, 0.6) is 0 Å². The van der Waals surface area contributed by atoms with Crippen LogP contribution < -0.4 is 10.2 Å². The van der Waals surface area contributed by atoms with Gasteiger partial charge in [-0.1, -0.05) is 25.5 Å². The largest absolute Gasteiger partial charge is 0.418 e. The molecule has 0 aliphatic heterocycles. The number of hydrogen-bond acceptors (Lipinski definition) is 3. The zero-order valence-electron chi connectivity index (χ0n) is 14.1. The summed E-state index contributed by atoms with van der Waals surface area (Å²) >= 11 is 0. The Kier molecular flexibility index (Phi) is 6.01. The van der Waals surface area contributed by atoms with Crippen molar-refractivity contribution in [1.82, 2.24) is 4.98 Å². The van der Waals surface area contributed by atoms with E-state index in [9.17, 15) is 18.0 Å². The average Bonchev–Trinajstić information content (AvgIpc) is 2.59. The van der Waals surface area contributed by atoms with E-state index in [0.717, 1.165) is 31.1 Å². The number of carbonyl (C=O) groups excluding carboxylic acids is 1. The van der Waals surface area contributed by atoms with Crippen molar-refractivity contribution < 1.29 is 18.0 Å². The van der Waals surface area contributed by atoms with Crippen molar-refractivity contribution in [3.05, 3.63) is 53.9 Å². The molecule has 2 aromatic rings. The quantitative estimate of drug-likeness (QED) is 0.828. The number of halogens is 3. The summed E-state index contributed by atoms with van der Waals surface area (Å²) in [5.41, 5.74) is -0.318. The normalized spacial score (nSPS) is 11.2. The Hall–Kier alpha value is -2.57. The van der Waals surface area contributed by atoms with Gasteiger partial charge in [-0.25, -0.2) is 0 Å². The van der Waals surface area contributed by atoms with Crippen LogP contribution in [-0.4, -0.2) is 24.5 Å². The van der Waals surface area contributed by atoms with Crippen LogP contribution in [0, 0.1) is 0 Å². The first-order valence-corrected chi connectivity index (χ1v) is 7.97. The van der Waals surface area contributed by atoms with Crippen molar-refractivity contribution >= 4 is 17.3 Å². The Morgan fingerprint density at radius 2 is 1.96 bits per heavy atom. The second-order valence-electron chi connectivity index (χ2n) is 5.67. The van der Waals surface area contributed by atoms with Crippen LogP contribution in [0.2, 0.25) is 0 Å². The van der Waals surface area contributed by atoms with Gasteiger partial charge in [-0.15, -0.1) is 0 Å². The summed E-state index contributed by atoms with van der Waals surface area (Å²) in [6.07, 6.45) is -1.03. The molecule has 1 aromatic heterocycles. The molecule has 0 atom stereocenters. The molecule has 0 fully saturated rings. The molecule has 0 bridgehead atoms. The number of benzene rings is 1. The zero-order valence-corrected chi connectivity index (χ0v) is 14.1. The van der Waals surface area contributed by atoms with Gasteiger partial charge >= 0.3 is 6.18 Å². The second kappa shape index (κ2) is 8.00. The third-order valence-electron chi connectivity index (χ3n) is 3.74. The monoisotopic (exact) mass is 351 g/mol. The molecule has 25 heavy (non-hydrogen) atoms. The molecule has 0 aliphatic carbocycles. The lowest BCUT2D eigenvalue weighted by Crippen LogP contribution is -2.21. The van der Waals surface area contributed by atoms with E-state index >= 15 is 0 Å². The number of hydrogen-bond donors (Lipinski definition) is 1. The minimum atomic E-state index is -4.54. The first kappa shape index (κ1) is 18.8.